The number of anilines is 2. The molecule has 0 atom stereocenters. The minimum absolute atomic E-state index is 0.396. The van der Waals surface area contributed by atoms with Crippen LogP contribution in [0, 0.1) is 5.92 Å². The van der Waals surface area contributed by atoms with Crippen LogP contribution in [0.5, 0.6) is 0 Å². The quantitative estimate of drug-likeness (QED) is 0.635. The number of hydrogen-bond donors (Lipinski definition) is 2. The van der Waals surface area contributed by atoms with E-state index >= 15 is 0 Å². The van der Waals surface area contributed by atoms with Gasteiger partial charge in [0.1, 0.15) is 16.7 Å². The molecule has 2 aromatic heterocycles. The lowest BCUT2D eigenvalue weighted by Crippen LogP contribution is -2.34. The molecule has 1 aliphatic rings. The maximum absolute atomic E-state index is 6.14. The first kappa shape index (κ1) is 17.0. The lowest BCUT2D eigenvalue weighted by Gasteiger charge is -2.31. The summed E-state index contributed by atoms with van der Waals surface area (Å²) in [5, 5.41) is 6.85. The summed E-state index contributed by atoms with van der Waals surface area (Å²) in [5.74, 6) is 2.79. The van der Waals surface area contributed by atoms with Crippen molar-refractivity contribution in [2.75, 3.05) is 23.3 Å². The molecule has 3 rings (SSSR count). The fourth-order valence-electron chi connectivity index (χ4n) is 2.59. The van der Waals surface area contributed by atoms with Crippen molar-refractivity contribution in [3.05, 3.63) is 35.4 Å². The van der Waals surface area contributed by atoms with Gasteiger partial charge in [0.2, 0.25) is 5.95 Å². The van der Waals surface area contributed by atoms with Gasteiger partial charge in [0.05, 0.1) is 12.8 Å². The Morgan fingerprint density at radius 3 is 2.92 bits per heavy atom. The molecule has 0 spiro atoms. The Morgan fingerprint density at radius 1 is 1.42 bits per heavy atom. The van der Waals surface area contributed by atoms with Gasteiger partial charge in [-0.1, -0.05) is 18.5 Å². The van der Waals surface area contributed by atoms with Crippen LogP contribution < -0.4 is 15.5 Å². The predicted octanol–water partition coefficient (Wildman–Crippen LogP) is 3.45. The SMILES string of the molecule is CC1CCN(c2cc(Cl)nc(NC(=S)NCc3ccco3)n2)CC1. The van der Waals surface area contributed by atoms with Crippen molar-refractivity contribution in [2.45, 2.75) is 26.3 Å². The molecule has 1 saturated heterocycles. The van der Waals surface area contributed by atoms with Crippen molar-refractivity contribution in [3.8, 4) is 0 Å². The maximum Gasteiger partial charge on any atom is 0.232 e. The van der Waals surface area contributed by atoms with Gasteiger partial charge in [-0.05, 0) is 43.1 Å². The van der Waals surface area contributed by atoms with Crippen LogP contribution in [0.1, 0.15) is 25.5 Å². The lowest BCUT2D eigenvalue weighted by molar-refractivity contribution is 0.436. The second-order valence-corrected chi connectivity index (χ2v) is 6.72. The number of nitrogens with one attached hydrogen (secondary N) is 2. The maximum atomic E-state index is 6.14. The first-order chi connectivity index (χ1) is 11.6. The minimum Gasteiger partial charge on any atom is -0.467 e. The molecule has 0 radical (unpaired) electrons. The monoisotopic (exact) mass is 365 g/mol. The van der Waals surface area contributed by atoms with E-state index in [9.17, 15) is 0 Å². The van der Waals surface area contributed by atoms with Crippen molar-refractivity contribution in [2.24, 2.45) is 5.92 Å². The zero-order valence-corrected chi connectivity index (χ0v) is 15.0. The second kappa shape index (κ2) is 7.81. The number of thiocarbonyl (C=S) groups is 1. The minimum atomic E-state index is 0.396. The van der Waals surface area contributed by atoms with E-state index in [4.69, 9.17) is 28.2 Å². The molecule has 2 N–H and O–H groups in total. The Labute approximate surface area is 151 Å². The number of furan rings is 1. The van der Waals surface area contributed by atoms with Gasteiger partial charge in [-0.2, -0.15) is 4.98 Å². The van der Waals surface area contributed by atoms with Crippen LogP contribution >= 0.6 is 23.8 Å². The highest BCUT2D eigenvalue weighted by molar-refractivity contribution is 7.80. The van der Waals surface area contributed by atoms with Gasteiger partial charge in [-0.15, -0.1) is 0 Å². The third kappa shape index (κ3) is 4.58. The molecule has 0 aromatic carbocycles. The molecule has 0 bridgehead atoms. The second-order valence-electron chi connectivity index (χ2n) is 5.93. The first-order valence-electron chi connectivity index (χ1n) is 7.97. The van der Waals surface area contributed by atoms with Gasteiger partial charge >= 0.3 is 0 Å². The van der Waals surface area contributed by atoms with Gasteiger partial charge < -0.3 is 20.0 Å². The summed E-state index contributed by atoms with van der Waals surface area (Å²) >= 11 is 11.4. The smallest absolute Gasteiger partial charge is 0.232 e. The van der Waals surface area contributed by atoms with Crippen molar-refractivity contribution in [3.63, 3.8) is 0 Å². The molecule has 24 heavy (non-hydrogen) atoms. The molecule has 8 heteroatoms. The van der Waals surface area contributed by atoms with Gasteiger partial charge in [0.25, 0.3) is 0 Å². The molecule has 6 nitrogen and oxygen atoms in total. The average molecular weight is 366 g/mol. The van der Waals surface area contributed by atoms with Crippen LogP contribution in [-0.2, 0) is 6.54 Å². The fourth-order valence-corrected chi connectivity index (χ4v) is 2.93. The van der Waals surface area contributed by atoms with E-state index in [2.05, 4.69) is 32.4 Å². The van der Waals surface area contributed by atoms with Gasteiger partial charge in [0, 0.05) is 19.2 Å². The molecule has 0 saturated carbocycles. The molecule has 3 heterocycles. The van der Waals surface area contributed by atoms with E-state index in [0.717, 1.165) is 43.4 Å². The Balaban J connectivity index is 1.61. The summed E-state index contributed by atoms with van der Waals surface area (Å²) in [5.41, 5.74) is 0. The number of halogens is 1. The number of nitrogens with zero attached hydrogens (tertiary/aromatic N) is 3. The number of hydrogen-bond acceptors (Lipinski definition) is 5. The van der Waals surface area contributed by atoms with Crippen LogP contribution in [0.3, 0.4) is 0 Å². The standard InChI is InChI=1S/C16H20ClN5OS/c1-11-4-6-22(7-5-11)14-9-13(17)19-15(20-14)21-16(24)18-10-12-3-2-8-23-12/h2-3,8-9,11H,4-7,10H2,1H3,(H2,18,19,20,21,24). The fraction of sp³-hybridized carbons (Fsp3) is 0.438. The Kier molecular flexibility index (Phi) is 5.52. The van der Waals surface area contributed by atoms with Crippen LogP contribution in [-0.4, -0.2) is 28.2 Å². The van der Waals surface area contributed by atoms with Crippen LogP contribution in [0.2, 0.25) is 5.15 Å². The molecule has 2 aromatic rings. The number of rotatable bonds is 4. The van der Waals surface area contributed by atoms with Crippen molar-refractivity contribution in [1.82, 2.24) is 15.3 Å². The average Bonchev–Trinajstić information content (AvgIpc) is 3.06. The highest BCUT2D eigenvalue weighted by atomic mass is 35.5. The highest BCUT2D eigenvalue weighted by Gasteiger charge is 2.18. The van der Waals surface area contributed by atoms with Gasteiger partial charge in [0.15, 0.2) is 5.11 Å². The van der Waals surface area contributed by atoms with E-state index in [1.54, 1.807) is 12.3 Å². The summed E-state index contributed by atoms with van der Waals surface area (Å²) in [6.45, 7) is 4.74. The van der Waals surface area contributed by atoms with Crippen LogP contribution in [0.4, 0.5) is 11.8 Å². The molecule has 1 fully saturated rings. The van der Waals surface area contributed by atoms with E-state index in [1.165, 1.54) is 0 Å². The summed E-state index contributed by atoms with van der Waals surface area (Å²) < 4.78 is 5.25. The van der Waals surface area contributed by atoms with Crippen molar-refractivity contribution >= 4 is 40.7 Å². The van der Waals surface area contributed by atoms with Crippen molar-refractivity contribution in [1.29, 1.82) is 0 Å². The largest absolute Gasteiger partial charge is 0.467 e. The Bertz CT molecular complexity index is 686. The van der Waals surface area contributed by atoms with Gasteiger partial charge in [-0.3, -0.25) is 0 Å². The van der Waals surface area contributed by atoms with Crippen LogP contribution in [0.15, 0.2) is 28.9 Å². The third-order valence-electron chi connectivity index (χ3n) is 4.02. The third-order valence-corrected chi connectivity index (χ3v) is 4.46. The zero-order chi connectivity index (χ0) is 16.9. The first-order valence-corrected chi connectivity index (χ1v) is 8.75. The highest BCUT2D eigenvalue weighted by Crippen LogP contribution is 2.24. The van der Waals surface area contributed by atoms with E-state index in [1.807, 2.05) is 12.1 Å². The topological polar surface area (TPSA) is 66.2 Å². The molecule has 0 unspecified atom stereocenters. The Morgan fingerprint density at radius 2 is 2.21 bits per heavy atom. The van der Waals surface area contributed by atoms with E-state index in [-0.39, 0.29) is 0 Å². The molecule has 128 valence electrons. The Hall–Kier alpha value is -1.86. The lowest BCUT2D eigenvalue weighted by atomic mass is 9.99. The summed E-state index contributed by atoms with van der Waals surface area (Å²) in [6, 6.07) is 5.50. The molecule has 1 aliphatic heterocycles. The summed E-state index contributed by atoms with van der Waals surface area (Å²) in [4.78, 5) is 11.0. The normalized spacial score (nSPS) is 15.3. The summed E-state index contributed by atoms with van der Waals surface area (Å²) in [6.07, 6.45) is 3.94. The van der Waals surface area contributed by atoms with Gasteiger partial charge in [-0.25, -0.2) is 4.98 Å². The van der Waals surface area contributed by atoms with E-state index in [0.29, 0.717) is 22.8 Å². The number of aromatic nitrogens is 2. The predicted molar refractivity (Wildman–Crippen MR) is 99.4 cm³/mol. The number of piperidine rings is 1. The van der Waals surface area contributed by atoms with E-state index < -0.39 is 0 Å². The van der Waals surface area contributed by atoms with Crippen LogP contribution in [0.25, 0.3) is 0 Å². The molecule has 0 aliphatic carbocycles. The van der Waals surface area contributed by atoms with Crippen molar-refractivity contribution < 1.29 is 4.42 Å². The zero-order valence-electron chi connectivity index (χ0n) is 13.5. The molecule has 0 amide bonds. The summed E-state index contributed by atoms with van der Waals surface area (Å²) in [7, 11) is 0. The molecular formula is C16H20ClN5OS. The molecular weight excluding hydrogens is 346 g/mol.